The standard InChI is InChI=1S/C22H24N2O4/c1-5-27-17-8-10-21(28-6-2)20(13-17)24-22(25)18-12-15-11-16(26-4)7-9-19(15)23-14(18)3/h7-13H,5-6H2,1-4H3,(H,24,25). The van der Waals surface area contributed by atoms with E-state index in [0.29, 0.717) is 47.4 Å². The number of aryl methyl sites for hydroxylation is 1. The molecule has 0 fully saturated rings. The van der Waals surface area contributed by atoms with Gasteiger partial charge in [-0.05, 0) is 57.2 Å². The van der Waals surface area contributed by atoms with E-state index in [2.05, 4.69) is 10.3 Å². The zero-order valence-corrected chi connectivity index (χ0v) is 16.5. The van der Waals surface area contributed by atoms with Gasteiger partial charge in [0.1, 0.15) is 17.2 Å². The number of benzene rings is 2. The number of ether oxygens (including phenoxy) is 3. The maximum atomic E-state index is 13.0. The minimum Gasteiger partial charge on any atom is -0.497 e. The monoisotopic (exact) mass is 380 g/mol. The van der Waals surface area contributed by atoms with Crippen LogP contribution in [0.1, 0.15) is 29.9 Å². The van der Waals surface area contributed by atoms with Crippen molar-refractivity contribution in [2.24, 2.45) is 0 Å². The number of hydrogen-bond donors (Lipinski definition) is 1. The van der Waals surface area contributed by atoms with Crippen molar-refractivity contribution >= 4 is 22.5 Å². The highest BCUT2D eigenvalue weighted by Gasteiger charge is 2.15. The highest BCUT2D eigenvalue weighted by Crippen LogP contribution is 2.30. The Morgan fingerprint density at radius 2 is 1.75 bits per heavy atom. The number of rotatable bonds is 7. The minimum atomic E-state index is -0.260. The molecule has 1 aromatic heterocycles. The van der Waals surface area contributed by atoms with Crippen LogP contribution < -0.4 is 19.5 Å². The first kappa shape index (κ1) is 19.5. The molecule has 0 atom stereocenters. The first-order chi connectivity index (χ1) is 13.5. The normalized spacial score (nSPS) is 10.6. The lowest BCUT2D eigenvalue weighted by Crippen LogP contribution is -2.15. The molecule has 6 nitrogen and oxygen atoms in total. The van der Waals surface area contributed by atoms with Crippen LogP contribution in [-0.2, 0) is 0 Å². The predicted octanol–water partition coefficient (Wildman–Crippen LogP) is 4.60. The van der Waals surface area contributed by atoms with Crippen LogP contribution in [0.25, 0.3) is 10.9 Å². The van der Waals surface area contributed by atoms with Crippen LogP contribution in [0.3, 0.4) is 0 Å². The molecular formula is C22H24N2O4. The van der Waals surface area contributed by atoms with Crippen LogP contribution >= 0.6 is 0 Å². The topological polar surface area (TPSA) is 69.7 Å². The van der Waals surface area contributed by atoms with E-state index in [0.717, 1.165) is 10.9 Å². The fourth-order valence-corrected chi connectivity index (χ4v) is 2.94. The van der Waals surface area contributed by atoms with Gasteiger partial charge in [0.05, 0.1) is 42.8 Å². The van der Waals surface area contributed by atoms with Gasteiger partial charge in [0.25, 0.3) is 5.91 Å². The molecule has 0 saturated heterocycles. The summed E-state index contributed by atoms with van der Waals surface area (Å²) in [6.07, 6.45) is 0. The molecule has 6 heteroatoms. The zero-order valence-electron chi connectivity index (χ0n) is 16.5. The third kappa shape index (κ3) is 4.17. The number of carbonyl (C=O) groups excluding carboxylic acids is 1. The van der Waals surface area contributed by atoms with Gasteiger partial charge in [-0.2, -0.15) is 0 Å². The molecule has 0 bridgehead atoms. The quantitative estimate of drug-likeness (QED) is 0.649. The lowest BCUT2D eigenvalue weighted by molar-refractivity contribution is 0.102. The average molecular weight is 380 g/mol. The van der Waals surface area contributed by atoms with Crippen molar-refractivity contribution in [2.45, 2.75) is 20.8 Å². The number of methoxy groups -OCH3 is 1. The Kier molecular flexibility index (Phi) is 5.99. The van der Waals surface area contributed by atoms with E-state index in [1.807, 2.05) is 51.1 Å². The summed E-state index contributed by atoms with van der Waals surface area (Å²) in [5.74, 6) is 1.71. The molecule has 3 rings (SSSR count). The fourth-order valence-electron chi connectivity index (χ4n) is 2.94. The molecule has 0 aliphatic carbocycles. The summed E-state index contributed by atoms with van der Waals surface area (Å²) >= 11 is 0. The lowest BCUT2D eigenvalue weighted by atomic mass is 10.1. The van der Waals surface area contributed by atoms with Crippen molar-refractivity contribution < 1.29 is 19.0 Å². The van der Waals surface area contributed by atoms with Crippen molar-refractivity contribution in [3.8, 4) is 17.2 Å². The second-order valence-electron chi connectivity index (χ2n) is 6.16. The predicted molar refractivity (Wildman–Crippen MR) is 110 cm³/mol. The van der Waals surface area contributed by atoms with Crippen LogP contribution in [0.4, 0.5) is 5.69 Å². The average Bonchev–Trinajstić information content (AvgIpc) is 2.69. The second kappa shape index (κ2) is 8.61. The van der Waals surface area contributed by atoms with Gasteiger partial charge in [-0.25, -0.2) is 0 Å². The van der Waals surface area contributed by atoms with Gasteiger partial charge >= 0.3 is 0 Å². The van der Waals surface area contributed by atoms with Gasteiger partial charge in [-0.15, -0.1) is 0 Å². The van der Waals surface area contributed by atoms with Crippen LogP contribution in [0, 0.1) is 6.92 Å². The van der Waals surface area contributed by atoms with E-state index in [1.54, 1.807) is 19.2 Å². The molecule has 0 aliphatic heterocycles. The van der Waals surface area contributed by atoms with Crippen molar-refractivity contribution in [1.29, 1.82) is 0 Å². The largest absolute Gasteiger partial charge is 0.497 e. The molecule has 28 heavy (non-hydrogen) atoms. The van der Waals surface area contributed by atoms with Crippen molar-refractivity contribution in [2.75, 3.05) is 25.6 Å². The highest BCUT2D eigenvalue weighted by atomic mass is 16.5. The maximum Gasteiger partial charge on any atom is 0.257 e. The Morgan fingerprint density at radius 1 is 1.00 bits per heavy atom. The SMILES string of the molecule is CCOc1ccc(OCC)c(NC(=O)c2cc3cc(OC)ccc3nc2C)c1. The third-order valence-corrected chi connectivity index (χ3v) is 4.27. The van der Waals surface area contributed by atoms with Gasteiger partial charge in [-0.3, -0.25) is 9.78 Å². The number of nitrogens with one attached hydrogen (secondary N) is 1. The summed E-state index contributed by atoms with van der Waals surface area (Å²) in [6.45, 7) is 6.66. The second-order valence-corrected chi connectivity index (χ2v) is 6.16. The van der Waals surface area contributed by atoms with Gasteiger partial charge in [0.2, 0.25) is 0 Å². The lowest BCUT2D eigenvalue weighted by Gasteiger charge is -2.14. The highest BCUT2D eigenvalue weighted by molar-refractivity contribution is 6.07. The van der Waals surface area contributed by atoms with Gasteiger partial charge in [0, 0.05) is 11.5 Å². The molecule has 1 heterocycles. The number of nitrogens with zero attached hydrogens (tertiary/aromatic N) is 1. The van der Waals surface area contributed by atoms with Crippen LogP contribution in [0.5, 0.6) is 17.2 Å². The van der Waals surface area contributed by atoms with E-state index >= 15 is 0 Å². The van der Waals surface area contributed by atoms with Crippen LogP contribution in [-0.4, -0.2) is 31.2 Å². The smallest absolute Gasteiger partial charge is 0.257 e. The number of aromatic nitrogens is 1. The Labute approximate surface area is 164 Å². The van der Waals surface area contributed by atoms with E-state index in [1.165, 1.54) is 0 Å². The first-order valence-corrected chi connectivity index (χ1v) is 9.22. The Morgan fingerprint density at radius 3 is 2.46 bits per heavy atom. The molecule has 0 unspecified atom stereocenters. The Bertz CT molecular complexity index is 1000. The number of carbonyl (C=O) groups is 1. The minimum absolute atomic E-state index is 0.260. The van der Waals surface area contributed by atoms with Crippen LogP contribution in [0.2, 0.25) is 0 Å². The molecule has 1 N–H and O–H groups in total. The summed E-state index contributed by atoms with van der Waals surface area (Å²) in [7, 11) is 1.61. The summed E-state index contributed by atoms with van der Waals surface area (Å²) in [5, 5.41) is 3.77. The Balaban J connectivity index is 1.96. The summed E-state index contributed by atoms with van der Waals surface area (Å²) < 4.78 is 16.4. The summed E-state index contributed by atoms with van der Waals surface area (Å²) in [5.41, 5.74) is 2.50. The van der Waals surface area contributed by atoms with Gasteiger partial charge in [-0.1, -0.05) is 0 Å². The van der Waals surface area contributed by atoms with Crippen LogP contribution in [0.15, 0.2) is 42.5 Å². The van der Waals surface area contributed by atoms with Crippen molar-refractivity contribution in [1.82, 2.24) is 4.98 Å². The van der Waals surface area contributed by atoms with E-state index in [4.69, 9.17) is 14.2 Å². The molecule has 3 aromatic rings. The maximum absolute atomic E-state index is 13.0. The van der Waals surface area contributed by atoms with Crippen molar-refractivity contribution in [3.05, 3.63) is 53.7 Å². The first-order valence-electron chi connectivity index (χ1n) is 9.22. The molecular weight excluding hydrogens is 356 g/mol. The van der Waals surface area contributed by atoms with E-state index in [-0.39, 0.29) is 5.91 Å². The molecule has 0 saturated carbocycles. The van der Waals surface area contributed by atoms with Gasteiger partial charge in [0.15, 0.2) is 0 Å². The number of anilines is 1. The molecule has 0 aliphatic rings. The number of fused-ring (bicyclic) bond motifs is 1. The Hall–Kier alpha value is -3.28. The zero-order chi connectivity index (χ0) is 20.1. The van der Waals surface area contributed by atoms with E-state index in [9.17, 15) is 4.79 Å². The number of amides is 1. The number of hydrogen-bond acceptors (Lipinski definition) is 5. The van der Waals surface area contributed by atoms with Crippen molar-refractivity contribution in [3.63, 3.8) is 0 Å². The van der Waals surface area contributed by atoms with E-state index < -0.39 is 0 Å². The summed E-state index contributed by atoms with van der Waals surface area (Å²) in [4.78, 5) is 17.5. The fraction of sp³-hybridized carbons (Fsp3) is 0.273. The van der Waals surface area contributed by atoms with Gasteiger partial charge < -0.3 is 19.5 Å². The molecule has 146 valence electrons. The molecule has 2 aromatic carbocycles. The number of pyridine rings is 1. The molecule has 0 radical (unpaired) electrons. The third-order valence-electron chi connectivity index (χ3n) is 4.27. The summed E-state index contributed by atoms with van der Waals surface area (Å²) in [6, 6.07) is 12.8. The molecule has 1 amide bonds. The molecule has 0 spiro atoms.